The molecule has 0 unspecified atom stereocenters. The summed E-state index contributed by atoms with van der Waals surface area (Å²) in [6.45, 7) is 0. The molecule has 0 radical (unpaired) electrons. The van der Waals surface area contributed by atoms with Gasteiger partial charge in [0.1, 0.15) is 11.2 Å². The van der Waals surface area contributed by atoms with Crippen molar-refractivity contribution in [1.29, 1.82) is 0 Å². The van der Waals surface area contributed by atoms with Crippen molar-refractivity contribution in [3.8, 4) is 67.5 Å². The summed E-state index contributed by atoms with van der Waals surface area (Å²) >= 11 is 3.71. The van der Waals surface area contributed by atoms with E-state index in [4.69, 9.17) is 19.4 Å². The van der Waals surface area contributed by atoms with E-state index in [2.05, 4.69) is 152 Å². The van der Waals surface area contributed by atoms with Crippen molar-refractivity contribution in [3.05, 3.63) is 200 Å². The van der Waals surface area contributed by atoms with Gasteiger partial charge in [0.25, 0.3) is 0 Å². The minimum atomic E-state index is 0.592. The van der Waals surface area contributed by atoms with Crippen LogP contribution >= 0.6 is 22.7 Å². The zero-order valence-corrected chi connectivity index (χ0v) is 35.3. The molecule has 0 bridgehead atoms. The van der Waals surface area contributed by atoms with Crippen molar-refractivity contribution >= 4 is 85.0 Å². The monoisotopic (exact) mass is 839 g/mol. The van der Waals surface area contributed by atoms with Gasteiger partial charge in [0.05, 0.1) is 0 Å². The number of hydrogen-bond acceptors (Lipinski definition) is 6. The summed E-state index contributed by atoms with van der Waals surface area (Å²) in [7, 11) is 0. The van der Waals surface area contributed by atoms with E-state index in [0.29, 0.717) is 17.5 Å². The Morgan fingerprint density at radius 1 is 0.286 bits per heavy atom. The van der Waals surface area contributed by atoms with Gasteiger partial charge < -0.3 is 4.42 Å². The Hall–Kier alpha value is -7.77. The normalized spacial score (nSPS) is 11.8. The highest BCUT2D eigenvalue weighted by atomic mass is 32.1. The fourth-order valence-corrected chi connectivity index (χ4v) is 11.4. The molecule has 0 spiro atoms. The molecule has 0 saturated carbocycles. The molecule has 0 aliphatic rings. The third-order valence-corrected chi connectivity index (χ3v) is 14.4. The standard InChI is InChI=1S/C57H33N3OS2/c1-3-12-34(13-4-1)35-22-24-37(25-23-35)56-58-55(36-14-5-2-6-15-36)59-57(60-56)44-18-11-19-48-53(44)46-30-39(27-29-47(46)61-48)45-31-40(33-52-54(45)43-17-8-10-21-50(43)63-52)38-26-28-42-41-16-7-9-20-49(41)62-51(42)32-38/h1-33H. The lowest BCUT2D eigenvalue weighted by molar-refractivity contribution is 0.669. The highest BCUT2D eigenvalue weighted by Gasteiger charge is 2.20. The molecule has 0 aliphatic heterocycles. The quantitative estimate of drug-likeness (QED) is 0.167. The number of thiophene rings is 2. The zero-order valence-electron chi connectivity index (χ0n) is 33.6. The van der Waals surface area contributed by atoms with E-state index in [1.807, 2.05) is 71.2 Å². The number of fused-ring (bicyclic) bond motifs is 9. The summed E-state index contributed by atoms with van der Waals surface area (Å²) in [6.07, 6.45) is 0. The van der Waals surface area contributed by atoms with Crippen LogP contribution in [-0.2, 0) is 0 Å². The summed E-state index contributed by atoms with van der Waals surface area (Å²) in [4.78, 5) is 15.4. The van der Waals surface area contributed by atoms with Crippen molar-refractivity contribution in [1.82, 2.24) is 15.0 Å². The molecule has 0 atom stereocenters. The maximum atomic E-state index is 6.62. The summed E-state index contributed by atoms with van der Waals surface area (Å²) in [5.74, 6) is 1.82. The summed E-state index contributed by atoms with van der Waals surface area (Å²) in [5.41, 5.74) is 11.4. The predicted octanol–water partition coefficient (Wildman–Crippen LogP) is 16.5. The average molecular weight is 840 g/mol. The molecule has 9 aromatic carbocycles. The maximum absolute atomic E-state index is 6.62. The molecule has 13 rings (SSSR count). The van der Waals surface area contributed by atoms with Gasteiger partial charge in [-0.25, -0.2) is 15.0 Å². The predicted molar refractivity (Wildman–Crippen MR) is 265 cm³/mol. The molecule has 4 nitrogen and oxygen atoms in total. The van der Waals surface area contributed by atoms with Gasteiger partial charge in [0.15, 0.2) is 17.5 Å². The second kappa shape index (κ2) is 14.4. The first-order valence-electron chi connectivity index (χ1n) is 21.0. The van der Waals surface area contributed by atoms with Crippen LogP contribution in [0.5, 0.6) is 0 Å². The van der Waals surface area contributed by atoms with Crippen LogP contribution < -0.4 is 0 Å². The van der Waals surface area contributed by atoms with Gasteiger partial charge in [0.2, 0.25) is 0 Å². The Bertz CT molecular complexity index is 3900. The Balaban J connectivity index is 0.995. The summed E-state index contributed by atoms with van der Waals surface area (Å²) in [6, 6.07) is 70.9. The fourth-order valence-electron chi connectivity index (χ4n) is 9.12. The van der Waals surface area contributed by atoms with E-state index in [1.54, 1.807) is 0 Å². The van der Waals surface area contributed by atoms with Crippen LogP contribution in [0.4, 0.5) is 0 Å². The Morgan fingerprint density at radius 3 is 1.65 bits per heavy atom. The molecule has 6 heteroatoms. The number of rotatable bonds is 6. The van der Waals surface area contributed by atoms with Crippen LogP contribution in [0.2, 0.25) is 0 Å². The molecule has 0 amide bonds. The summed E-state index contributed by atoms with van der Waals surface area (Å²) in [5, 5.41) is 7.13. The molecule has 0 N–H and O–H groups in total. The number of nitrogens with zero attached hydrogens (tertiary/aromatic N) is 3. The van der Waals surface area contributed by atoms with Crippen LogP contribution in [-0.4, -0.2) is 15.0 Å². The van der Waals surface area contributed by atoms with Gasteiger partial charge in [0, 0.05) is 67.8 Å². The molecule has 0 aliphatic carbocycles. The van der Waals surface area contributed by atoms with Crippen molar-refractivity contribution in [3.63, 3.8) is 0 Å². The van der Waals surface area contributed by atoms with E-state index in [0.717, 1.165) is 55.3 Å². The second-order valence-electron chi connectivity index (χ2n) is 15.9. The third kappa shape index (κ3) is 6.06. The lowest BCUT2D eigenvalue weighted by Crippen LogP contribution is -2.00. The highest BCUT2D eigenvalue weighted by Crippen LogP contribution is 2.46. The van der Waals surface area contributed by atoms with E-state index >= 15 is 0 Å². The first-order chi connectivity index (χ1) is 31.2. The van der Waals surface area contributed by atoms with Crippen LogP contribution in [0.15, 0.2) is 205 Å². The lowest BCUT2D eigenvalue weighted by Gasteiger charge is -2.11. The number of aromatic nitrogens is 3. The smallest absolute Gasteiger partial charge is 0.164 e. The van der Waals surface area contributed by atoms with Crippen LogP contribution in [0.25, 0.3) is 130 Å². The van der Waals surface area contributed by atoms with Crippen molar-refractivity contribution in [2.45, 2.75) is 0 Å². The van der Waals surface area contributed by atoms with Gasteiger partial charge in [-0.1, -0.05) is 152 Å². The maximum Gasteiger partial charge on any atom is 0.164 e. The molecule has 294 valence electrons. The first-order valence-corrected chi connectivity index (χ1v) is 22.6. The van der Waals surface area contributed by atoms with E-state index in [9.17, 15) is 0 Å². The minimum Gasteiger partial charge on any atom is -0.456 e. The van der Waals surface area contributed by atoms with Crippen LogP contribution in [0.1, 0.15) is 0 Å². The molecule has 4 aromatic heterocycles. The molecular formula is C57H33N3OS2. The van der Waals surface area contributed by atoms with E-state index < -0.39 is 0 Å². The number of hydrogen-bond donors (Lipinski definition) is 0. The largest absolute Gasteiger partial charge is 0.456 e. The minimum absolute atomic E-state index is 0.592. The van der Waals surface area contributed by atoms with Gasteiger partial charge in [-0.2, -0.15) is 0 Å². The number of benzene rings is 9. The van der Waals surface area contributed by atoms with Crippen LogP contribution in [0, 0.1) is 0 Å². The SMILES string of the molecule is c1ccc(-c2ccc(-c3nc(-c4ccccc4)nc(-c4cccc5oc6ccc(-c7cc(-c8ccc9c(c8)sc8ccccc89)cc8sc9ccccc9c78)cc6c45)n3)cc2)cc1. The number of furan rings is 1. The Morgan fingerprint density at radius 2 is 0.857 bits per heavy atom. The molecule has 63 heavy (non-hydrogen) atoms. The van der Waals surface area contributed by atoms with Gasteiger partial charge in [-0.05, 0) is 81.9 Å². The van der Waals surface area contributed by atoms with Crippen LogP contribution in [0.3, 0.4) is 0 Å². The first kappa shape index (κ1) is 35.9. The molecule has 0 saturated heterocycles. The Labute approximate surface area is 370 Å². The topological polar surface area (TPSA) is 51.8 Å². The molecular weight excluding hydrogens is 807 g/mol. The fraction of sp³-hybridized carbons (Fsp3) is 0. The van der Waals surface area contributed by atoms with Crippen molar-refractivity contribution in [2.24, 2.45) is 0 Å². The molecule has 13 aromatic rings. The lowest BCUT2D eigenvalue weighted by atomic mass is 9.93. The Kier molecular flexibility index (Phi) is 8.22. The van der Waals surface area contributed by atoms with Gasteiger partial charge >= 0.3 is 0 Å². The van der Waals surface area contributed by atoms with Crippen molar-refractivity contribution in [2.75, 3.05) is 0 Å². The van der Waals surface area contributed by atoms with Crippen molar-refractivity contribution < 1.29 is 4.42 Å². The molecule has 4 heterocycles. The average Bonchev–Trinajstić information content (AvgIpc) is 4.05. The van der Waals surface area contributed by atoms with Gasteiger partial charge in [-0.3, -0.25) is 0 Å². The molecule has 0 fully saturated rings. The zero-order chi connectivity index (χ0) is 41.4. The van der Waals surface area contributed by atoms with Gasteiger partial charge in [-0.15, -0.1) is 22.7 Å². The van der Waals surface area contributed by atoms with E-state index in [-0.39, 0.29) is 0 Å². The third-order valence-electron chi connectivity index (χ3n) is 12.2. The highest BCUT2D eigenvalue weighted by molar-refractivity contribution is 7.26. The summed E-state index contributed by atoms with van der Waals surface area (Å²) < 4.78 is 11.8. The second-order valence-corrected chi connectivity index (χ2v) is 18.1. The van der Waals surface area contributed by atoms with E-state index in [1.165, 1.54) is 57.0 Å².